The molecule has 3 saturated carbocycles. The summed E-state index contributed by atoms with van der Waals surface area (Å²) in [5.41, 5.74) is 5.72. The van der Waals surface area contributed by atoms with Crippen LogP contribution in [0.1, 0.15) is 74.1 Å². The van der Waals surface area contributed by atoms with Crippen molar-refractivity contribution in [2.45, 2.75) is 75.9 Å². The minimum atomic E-state index is 0.620. The van der Waals surface area contributed by atoms with Gasteiger partial charge in [0.2, 0.25) is 0 Å². The average molecular weight is 533 g/mol. The average Bonchev–Trinajstić information content (AvgIpc) is 3.96. The van der Waals surface area contributed by atoms with Crippen LogP contribution in [0.4, 0.5) is 0 Å². The second kappa shape index (κ2) is 10.4. The first kappa shape index (κ1) is 25.2. The van der Waals surface area contributed by atoms with E-state index in [-0.39, 0.29) is 0 Å². The van der Waals surface area contributed by atoms with Gasteiger partial charge in [-0.3, -0.25) is 19.8 Å². The van der Waals surface area contributed by atoms with E-state index in [1.165, 1.54) is 81.2 Å². The number of rotatable bonds is 10. The van der Waals surface area contributed by atoms with Gasteiger partial charge in [-0.2, -0.15) is 0 Å². The summed E-state index contributed by atoms with van der Waals surface area (Å²) >= 11 is 0. The third-order valence-corrected chi connectivity index (χ3v) is 11.1. The molecule has 40 heavy (non-hydrogen) atoms. The van der Waals surface area contributed by atoms with Gasteiger partial charge in [-0.25, -0.2) is 0 Å². The van der Waals surface area contributed by atoms with E-state index in [1.54, 1.807) is 11.1 Å². The van der Waals surface area contributed by atoms with Crippen LogP contribution < -0.4 is 0 Å². The Bertz CT molecular complexity index is 1360. The van der Waals surface area contributed by atoms with Gasteiger partial charge in [-0.15, -0.1) is 0 Å². The standard InChI is InChI=1S/C36H44N4/c1-2-32(33-30-16-18-38-35(30)33)39-19-21-40(22-20-39)36(28-13-14-28)27-11-8-24(9-12-27)31-23-29(31)15-10-26-6-3-5-25-7-4-17-37-34(25)26/h3-9,11-12,17-18,28-33,35-36H,2,10,13-16,19-23H2,1H3/t29?,30?,31-,32?,33?,35?,36?/m1/s1. The van der Waals surface area contributed by atoms with E-state index in [1.807, 2.05) is 12.3 Å². The summed E-state index contributed by atoms with van der Waals surface area (Å²) in [6, 6.07) is 22.8. The van der Waals surface area contributed by atoms with E-state index < -0.39 is 0 Å². The van der Waals surface area contributed by atoms with Gasteiger partial charge >= 0.3 is 0 Å². The highest BCUT2D eigenvalue weighted by Gasteiger charge is 2.56. The number of aromatic nitrogens is 1. The zero-order valence-electron chi connectivity index (χ0n) is 24.0. The van der Waals surface area contributed by atoms with Crippen LogP contribution in [0.2, 0.25) is 0 Å². The Balaban J connectivity index is 0.880. The van der Waals surface area contributed by atoms with E-state index in [0.29, 0.717) is 12.1 Å². The number of para-hydroxylation sites is 1. The van der Waals surface area contributed by atoms with E-state index in [4.69, 9.17) is 4.99 Å². The van der Waals surface area contributed by atoms with Gasteiger partial charge in [-0.1, -0.05) is 55.5 Å². The molecule has 0 amide bonds. The van der Waals surface area contributed by atoms with Crippen molar-refractivity contribution < 1.29 is 0 Å². The van der Waals surface area contributed by atoms with Crippen LogP contribution in [-0.2, 0) is 6.42 Å². The maximum Gasteiger partial charge on any atom is 0.0733 e. The molecule has 2 aromatic carbocycles. The molecule has 4 nitrogen and oxygen atoms in total. The van der Waals surface area contributed by atoms with Gasteiger partial charge in [0.1, 0.15) is 0 Å². The fourth-order valence-corrected chi connectivity index (χ4v) is 8.64. The summed E-state index contributed by atoms with van der Waals surface area (Å²) in [6.45, 7) is 7.30. The highest BCUT2D eigenvalue weighted by Crippen LogP contribution is 2.53. The second-order valence-corrected chi connectivity index (χ2v) is 13.4. The zero-order valence-corrected chi connectivity index (χ0v) is 24.0. The Labute approximate surface area is 239 Å². The molecule has 2 aliphatic heterocycles. The largest absolute Gasteiger partial charge is 0.297 e. The molecule has 0 spiro atoms. The van der Waals surface area contributed by atoms with Crippen molar-refractivity contribution in [1.29, 1.82) is 0 Å². The van der Waals surface area contributed by atoms with E-state index in [0.717, 1.165) is 42.1 Å². The first-order valence-corrected chi connectivity index (χ1v) is 16.2. The van der Waals surface area contributed by atoms with Gasteiger partial charge in [0.05, 0.1) is 11.6 Å². The third kappa shape index (κ3) is 4.71. The van der Waals surface area contributed by atoms with Gasteiger partial charge in [-0.05, 0) is 97.6 Å². The summed E-state index contributed by atoms with van der Waals surface area (Å²) < 4.78 is 0. The molecule has 5 aliphatic rings. The second-order valence-electron chi connectivity index (χ2n) is 13.4. The van der Waals surface area contributed by atoms with Crippen molar-refractivity contribution in [2.24, 2.45) is 28.7 Å². The molecule has 6 unspecified atom stereocenters. The van der Waals surface area contributed by atoms with Crippen LogP contribution in [0, 0.1) is 23.7 Å². The van der Waals surface area contributed by atoms with E-state index >= 15 is 0 Å². The summed E-state index contributed by atoms with van der Waals surface area (Å²) in [5, 5.41) is 1.26. The molecular weight excluding hydrogens is 488 g/mol. The van der Waals surface area contributed by atoms with Crippen molar-refractivity contribution in [3.8, 4) is 0 Å². The molecule has 0 N–H and O–H groups in total. The van der Waals surface area contributed by atoms with Crippen LogP contribution in [0.15, 0.2) is 65.8 Å². The first-order valence-electron chi connectivity index (χ1n) is 16.2. The van der Waals surface area contributed by atoms with Gasteiger partial charge in [0.15, 0.2) is 0 Å². The maximum atomic E-state index is 4.77. The maximum absolute atomic E-state index is 4.77. The Morgan fingerprint density at radius 2 is 1.73 bits per heavy atom. The molecule has 1 aromatic heterocycles. The molecule has 3 heterocycles. The van der Waals surface area contributed by atoms with Crippen molar-refractivity contribution in [2.75, 3.05) is 26.2 Å². The summed E-state index contributed by atoms with van der Waals surface area (Å²) in [7, 11) is 0. The number of benzene rings is 2. The number of aryl methyl sites for hydroxylation is 1. The van der Waals surface area contributed by atoms with Crippen LogP contribution in [0.5, 0.6) is 0 Å². The molecular formula is C36H44N4. The van der Waals surface area contributed by atoms with E-state index in [2.05, 4.69) is 76.5 Å². The van der Waals surface area contributed by atoms with Crippen LogP contribution in [0.25, 0.3) is 10.9 Å². The lowest BCUT2D eigenvalue weighted by atomic mass is 9.96. The molecule has 3 aliphatic carbocycles. The SMILES string of the molecule is CCC(C1C2CC=NC21)N1CCN(C(c2ccc([C@H]3CC3CCc3cccc4cccnc34)cc2)C2CC2)CC1. The van der Waals surface area contributed by atoms with E-state index in [9.17, 15) is 0 Å². The Hall–Kier alpha value is -2.56. The number of piperazine rings is 1. The molecule has 3 aromatic rings. The van der Waals surface area contributed by atoms with Crippen molar-refractivity contribution in [3.05, 3.63) is 77.5 Å². The Morgan fingerprint density at radius 1 is 0.925 bits per heavy atom. The smallest absolute Gasteiger partial charge is 0.0733 e. The molecule has 7 atom stereocenters. The summed E-state index contributed by atoms with van der Waals surface area (Å²) in [4.78, 5) is 15.1. The third-order valence-electron chi connectivity index (χ3n) is 11.1. The van der Waals surface area contributed by atoms with Crippen molar-refractivity contribution >= 4 is 17.1 Å². The topological polar surface area (TPSA) is 31.7 Å². The zero-order chi connectivity index (χ0) is 26.6. The Morgan fingerprint density at radius 3 is 2.48 bits per heavy atom. The fraction of sp³-hybridized carbons (Fsp3) is 0.556. The minimum Gasteiger partial charge on any atom is -0.297 e. The molecule has 4 heteroatoms. The molecule has 8 rings (SSSR count). The van der Waals surface area contributed by atoms with Crippen LogP contribution >= 0.6 is 0 Å². The van der Waals surface area contributed by atoms with Crippen molar-refractivity contribution in [1.82, 2.24) is 14.8 Å². The molecule has 208 valence electrons. The normalized spacial score (nSPS) is 31.3. The number of pyridine rings is 1. The molecule has 0 bridgehead atoms. The van der Waals surface area contributed by atoms with Crippen LogP contribution in [-0.4, -0.2) is 59.3 Å². The summed E-state index contributed by atoms with van der Waals surface area (Å²) in [5.74, 6) is 4.13. The molecule has 0 radical (unpaired) electrons. The number of hydrogen-bond donors (Lipinski definition) is 0. The number of aliphatic imine (C=N–C) groups is 1. The minimum absolute atomic E-state index is 0.620. The van der Waals surface area contributed by atoms with Gasteiger partial charge < -0.3 is 0 Å². The predicted octanol–water partition coefficient (Wildman–Crippen LogP) is 6.91. The number of hydrogen-bond acceptors (Lipinski definition) is 4. The summed E-state index contributed by atoms with van der Waals surface area (Å²) in [6.07, 6.45) is 13.2. The lowest BCUT2D eigenvalue weighted by Gasteiger charge is -2.43. The van der Waals surface area contributed by atoms with Gasteiger partial charge in [0, 0.05) is 55.8 Å². The molecule has 1 saturated heterocycles. The lowest BCUT2D eigenvalue weighted by Crippen LogP contribution is -2.52. The highest BCUT2D eigenvalue weighted by atomic mass is 15.3. The van der Waals surface area contributed by atoms with Crippen LogP contribution in [0.3, 0.4) is 0 Å². The predicted molar refractivity (Wildman–Crippen MR) is 164 cm³/mol. The number of nitrogens with zero attached hydrogens (tertiary/aromatic N) is 4. The Kier molecular flexibility index (Phi) is 6.53. The fourth-order valence-electron chi connectivity index (χ4n) is 8.64. The van der Waals surface area contributed by atoms with Crippen molar-refractivity contribution in [3.63, 3.8) is 0 Å². The highest BCUT2D eigenvalue weighted by molar-refractivity contribution is 5.81. The monoisotopic (exact) mass is 532 g/mol. The quantitative estimate of drug-likeness (QED) is 0.284. The number of fused-ring (bicyclic) bond motifs is 2. The van der Waals surface area contributed by atoms with Gasteiger partial charge in [0.25, 0.3) is 0 Å². The lowest BCUT2D eigenvalue weighted by molar-refractivity contribution is 0.0516. The molecule has 4 fully saturated rings. The first-order chi connectivity index (χ1) is 19.8.